The van der Waals surface area contributed by atoms with Crippen molar-refractivity contribution in [1.82, 2.24) is 5.32 Å². The van der Waals surface area contributed by atoms with E-state index in [4.69, 9.17) is 0 Å². The van der Waals surface area contributed by atoms with Crippen molar-refractivity contribution in [3.63, 3.8) is 0 Å². The maximum Gasteiger partial charge on any atom is 0.0576 e. The summed E-state index contributed by atoms with van der Waals surface area (Å²) in [5, 5.41) is 3.44. The Balaban J connectivity index is 1.37. The first-order valence-electron chi connectivity index (χ1n) is 8.89. The van der Waals surface area contributed by atoms with Gasteiger partial charge < -0.3 is 5.32 Å². The summed E-state index contributed by atoms with van der Waals surface area (Å²) in [6.45, 7) is 1.95. The lowest BCUT2D eigenvalue weighted by atomic mass is 10.1. The molecular formula is C20H29NS2. The molecule has 0 unspecified atom stereocenters. The second-order valence-electron chi connectivity index (χ2n) is 5.89. The van der Waals surface area contributed by atoms with Crippen LogP contribution in [0.5, 0.6) is 0 Å². The first-order valence-corrected chi connectivity index (χ1v) is 11.0. The Bertz CT molecular complexity index is 458. The second-order valence-corrected chi connectivity index (χ2v) is 8.81. The Morgan fingerprint density at radius 3 is 2.65 bits per heavy atom. The highest BCUT2D eigenvalue weighted by Crippen LogP contribution is 2.33. The first kappa shape index (κ1) is 18.8. The summed E-state index contributed by atoms with van der Waals surface area (Å²) in [7, 11) is 0. The van der Waals surface area contributed by atoms with Crippen LogP contribution in [0, 0.1) is 11.8 Å². The van der Waals surface area contributed by atoms with E-state index in [0.29, 0.717) is 0 Å². The van der Waals surface area contributed by atoms with Gasteiger partial charge in [-0.1, -0.05) is 42.7 Å². The van der Waals surface area contributed by atoms with Gasteiger partial charge in [0.05, 0.1) is 11.1 Å². The molecule has 0 bridgehead atoms. The van der Waals surface area contributed by atoms with Crippen molar-refractivity contribution in [1.29, 1.82) is 0 Å². The average molecular weight is 348 g/mol. The van der Waals surface area contributed by atoms with Crippen molar-refractivity contribution in [3.8, 4) is 11.8 Å². The molecule has 0 saturated carbocycles. The highest BCUT2D eigenvalue weighted by atomic mass is 32.2. The predicted octanol–water partition coefficient (Wildman–Crippen LogP) is 4.97. The van der Waals surface area contributed by atoms with Crippen LogP contribution in [0.3, 0.4) is 0 Å². The summed E-state index contributed by atoms with van der Waals surface area (Å²) in [4.78, 5) is 0. The topological polar surface area (TPSA) is 12.0 Å². The molecule has 1 heterocycles. The van der Waals surface area contributed by atoms with E-state index >= 15 is 0 Å². The van der Waals surface area contributed by atoms with Crippen LogP contribution in [-0.2, 0) is 6.42 Å². The van der Waals surface area contributed by atoms with E-state index in [2.05, 4.69) is 71.0 Å². The molecule has 1 N–H and O–H groups in total. The summed E-state index contributed by atoms with van der Waals surface area (Å²) in [6.07, 6.45) is 8.74. The van der Waals surface area contributed by atoms with E-state index in [-0.39, 0.29) is 0 Å². The summed E-state index contributed by atoms with van der Waals surface area (Å²) < 4.78 is 0.802. The molecule has 0 radical (unpaired) electrons. The number of hydrogen-bond acceptors (Lipinski definition) is 3. The highest BCUT2D eigenvalue weighted by Gasteiger charge is 2.12. The standard InChI is InChI=1S/C20H29NS2/c1-4-11-19(12-5-1)13-6-2-8-15-21-16-9-3-7-14-20-22-17-10-18-23-20/h1,4-5,11-12,20-21H,2,6-8,10,13-18H2. The lowest BCUT2D eigenvalue weighted by molar-refractivity contribution is 0.629. The van der Waals surface area contributed by atoms with Gasteiger partial charge in [0.1, 0.15) is 0 Å². The summed E-state index contributed by atoms with van der Waals surface area (Å²) >= 11 is 4.24. The predicted molar refractivity (Wildman–Crippen MR) is 107 cm³/mol. The fourth-order valence-corrected chi connectivity index (χ4v) is 5.46. The number of benzene rings is 1. The van der Waals surface area contributed by atoms with Crippen molar-refractivity contribution < 1.29 is 0 Å². The third-order valence-corrected chi connectivity index (χ3v) is 6.98. The Hall–Kier alpha value is -0.560. The summed E-state index contributed by atoms with van der Waals surface area (Å²) in [6, 6.07) is 10.8. The van der Waals surface area contributed by atoms with Gasteiger partial charge in [0.15, 0.2) is 0 Å². The van der Waals surface area contributed by atoms with E-state index < -0.39 is 0 Å². The third-order valence-electron chi connectivity index (χ3n) is 3.90. The van der Waals surface area contributed by atoms with E-state index in [0.717, 1.165) is 24.1 Å². The zero-order valence-corrected chi connectivity index (χ0v) is 15.7. The smallest absolute Gasteiger partial charge is 0.0576 e. The van der Waals surface area contributed by atoms with Crippen molar-refractivity contribution in [2.45, 2.75) is 49.5 Å². The summed E-state index contributed by atoms with van der Waals surface area (Å²) in [5.41, 5.74) is 1.46. The van der Waals surface area contributed by atoms with Gasteiger partial charge >= 0.3 is 0 Å². The van der Waals surface area contributed by atoms with E-state index in [1.165, 1.54) is 55.6 Å². The molecule has 1 aromatic carbocycles. The fraction of sp³-hybridized carbons (Fsp3) is 0.600. The van der Waals surface area contributed by atoms with Crippen LogP contribution in [0.25, 0.3) is 0 Å². The molecule has 0 atom stereocenters. The molecule has 0 spiro atoms. The molecule has 1 nitrogen and oxygen atoms in total. The number of hydrogen-bond donors (Lipinski definition) is 1. The maximum absolute atomic E-state index is 3.44. The van der Waals surface area contributed by atoms with Crippen molar-refractivity contribution in [2.75, 3.05) is 24.6 Å². The van der Waals surface area contributed by atoms with Crippen LogP contribution in [0.4, 0.5) is 0 Å². The number of rotatable bonds is 9. The van der Waals surface area contributed by atoms with Crippen LogP contribution >= 0.6 is 23.5 Å². The van der Waals surface area contributed by atoms with E-state index in [1.54, 1.807) is 0 Å². The number of unbranched alkanes of at least 4 members (excludes halogenated alkanes) is 2. The molecule has 1 aromatic rings. The Morgan fingerprint density at radius 2 is 1.83 bits per heavy atom. The van der Waals surface area contributed by atoms with E-state index in [1.807, 2.05) is 0 Å². The Kier molecular flexibility index (Phi) is 10.5. The highest BCUT2D eigenvalue weighted by molar-refractivity contribution is 8.17. The van der Waals surface area contributed by atoms with Crippen LogP contribution < -0.4 is 5.32 Å². The first-order chi connectivity index (χ1) is 11.4. The zero-order valence-electron chi connectivity index (χ0n) is 14.1. The van der Waals surface area contributed by atoms with Crippen molar-refractivity contribution >= 4 is 23.5 Å². The minimum atomic E-state index is 0.802. The second kappa shape index (κ2) is 12.8. The lowest BCUT2D eigenvalue weighted by Crippen LogP contribution is -2.15. The SMILES string of the molecule is C(#CCNCCCCCc1ccccc1)CCC1SCCCS1. The van der Waals surface area contributed by atoms with Crippen LogP contribution in [-0.4, -0.2) is 29.2 Å². The molecule has 23 heavy (non-hydrogen) atoms. The van der Waals surface area contributed by atoms with Crippen molar-refractivity contribution in [2.24, 2.45) is 0 Å². The van der Waals surface area contributed by atoms with Gasteiger partial charge in [-0.2, -0.15) is 0 Å². The minimum Gasteiger partial charge on any atom is -0.306 e. The van der Waals surface area contributed by atoms with Gasteiger partial charge in [-0.25, -0.2) is 0 Å². The zero-order chi connectivity index (χ0) is 16.0. The molecule has 3 heteroatoms. The van der Waals surface area contributed by atoms with Crippen LogP contribution in [0.1, 0.15) is 44.1 Å². The Morgan fingerprint density at radius 1 is 1.00 bits per heavy atom. The molecule has 126 valence electrons. The molecular weight excluding hydrogens is 318 g/mol. The van der Waals surface area contributed by atoms with Gasteiger partial charge in [-0.15, -0.1) is 29.4 Å². The van der Waals surface area contributed by atoms with E-state index in [9.17, 15) is 0 Å². The fourth-order valence-electron chi connectivity index (χ4n) is 2.60. The lowest BCUT2D eigenvalue weighted by Gasteiger charge is -2.19. The van der Waals surface area contributed by atoms with Gasteiger partial charge in [0.2, 0.25) is 0 Å². The minimum absolute atomic E-state index is 0.802. The molecule has 0 amide bonds. The van der Waals surface area contributed by atoms with Crippen molar-refractivity contribution in [3.05, 3.63) is 35.9 Å². The molecule has 1 saturated heterocycles. The van der Waals surface area contributed by atoms with Crippen LogP contribution in [0.2, 0.25) is 0 Å². The normalized spacial score (nSPS) is 15.1. The van der Waals surface area contributed by atoms with Gasteiger partial charge in [0.25, 0.3) is 0 Å². The quantitative estimate of drug-likeness (QED) is 0.500. The number of aryl methyl sites for hydroxylation is 1. The monoisotopic (exact) mass is 347 g/mol. The Labute approximate surface area is 150 Å². The van der Waals surface area contributed by atoms with Gasteiger partial charge in [-0.05, 0) is 55.7 Å². The number of nitrogens with one attached hydrogen (secondary N) is 1. The van der Waals surface area contributed by atoms with Gasteiger partial charge in [-0.3, -0.25) is 0 Å². The maximum atomic E-state index is 3.44. The molecule has 0 aliphatic carbocycles. The van der Waals surface area contributed by atoms with Crippen LogP contribution in [0.15, 0.2) is 30.3 Å². The third kappa shape index (κ3) is 9.35. The van der Waals surface area contributed by atoms with Gasteiger partial charge in [0, 0.05) is 6.42 Å². The molecule has 1 aliphatic heterocycles. The summed E-state index contributed by atoms with van der Waals surface area (Å²) in [5.74, 6) is 9.27. The largest absolute Gasteiger partial charge is 0.306 e. The molecule has 0 aromatic heterocycles. The average Bonchev–Trinajstić information content (AvgIpc) is 2.61. The number of thioether (sulfide) groups is 2. The molecule has 2 rings (SSSR count). The molecule has 1 aliphatic rings. The molecule has 1 fully saturated rings.